The summed E-state index contributed by atoms with van der Waals surface area (Å²) in [5.74, 6) is 0.794. The van der Waals surface area contributed by atoms with Crippen molar-refractivity contribution >= 4 is 21.4 Å². The fraction of sp³-hybridized carbons (Fsp3) is 0.286. The zero-order valence-corrected chi connectivity index (χ0v) is 12.0. The number of hydrogen-bond donors (Lipinski definition) is 1. The van der Waals surface area contributed by atoms with E-state index in [2.05, 4.69) is 29.4 Å². The SMILES string of the molecule is CC(C)NCc1nnc(-c2cc3ccc(F)cc3s2)o1. The van der Waals surface area contributed by atoms with Crippen LogP contribution in [0.3, 0.4) is 0 Å². The van der Waals surface area contributed by atoms with Gasteiger partial charge in [-0.2, -0.15) is 0 Å². The molecule has 20 heavy (non-hydrogen) atoms. The van der Waals surface area contributed by atoms with Crippen molar-refractivity contribution in [3.63, 3.8) is 0 Å². The second-order valence-corrected chi connectivity index (χ2v) is 5.91. The summed E-state index contributed by atoms with van der Waals surface area (Å²) >= 11 is 1.45. The average Bonchev–Trinajstić information content (AvgIpc) is 3.01. The van der Waals surface area contributed by atoms with Crippen molar-refractivity contribution in [2.45, 2.75) is 26.4 Å². The Morgan fingerprint density at radius 2 is 2.15 bits per heavy atom. The fourth-order valence-corrected chi connectivity index (χ4v) is 2.84. The lowest BCUT2D eigenvalue weighted by Gasteiger charge is -2.03. The van der Waals surface area contributed by atoms with E-state index < -0.39 is 0 Å². The summed E-state index contributed by atoms with van der Waals surface area (Å²) in [6.45, 7) is 4.65. The molecule has 0 aliphatic heterocycles. The summed E-state index contributed by atoms with van der Waals surface area (Å²) in [4.78, 5) is 0.855. The molecular formula is C14H14FN3OS. The number of fused-ring (bicyclic) bond motifs is 1. The van der Waals surface area contributed by atoms with Crippen molar-refractivity contribution in [1.29, 1.82) is 0 Å². The molecule has 104 valence electrons. The van der Waals surface area contributed by atoms with Crippen LogP contribution in [0, 0.1) is 5.82 Å². The van der Waals surface area contributed by atoms with E-state index in [0.717, 1.165) is 15.0 Å². The van der Waals surface area contributed by atoms with E-state index >= 15 is 0 Å². The third kappa shape index (κ3) is 2.71. The monoisotopic (exact) mass is 291 g/mol. The summed E-state index contributed by atoms with van der Waals surface area (Å²) in [5, 5.41) is 12.2. The van der Waals surface area contributed by atoms with Crippen molar-refractivity contribution < 1.29 is 8.81 Å². The first-order chi connectivity index (χ1) is 9.61. The third-order valence-electron chi connectivity index (χ3n) is 2.82. The van der Waals surface area contributed by atoms with E-state index in [9.17, 15) is 4.39 Å². The van der Waals surface area contributed by atoms with Crippen LogP contribution in [0.1, 0.15) is 19.7 Å². The number of thiophene rings is 1. The van der Waals surface area contributed by atoms with Crippen LogP contribution in [0.5, 0.6) is 0 Å². The molecule has 1 N–H and O–H groups in total. The van der Waals surface area contributed by atoms with Gasteiger partial charge in [0.25, 0.3) is 5.89 Å². The van der Waals surface area contributed by atoms with Gasteiger partial charge in [-0.25, -0.2) is 4.39 Å². The summed E-state index contributed by atoms with van der Waals surface area (Å²) in [5.41, 5.74) is 0. The maximum atomic E-state index is 13.2. The minimum atomic E-state index is -0.238. The van der Waals surface area contributed by atoms with Gasteiger partial charge in [0.05, 0.1) is 11.4 Å². The van der Waals surface area contributed by atoms with E-state index in [0.29, 0.717) is 24.4 Å². The van der Waals surface area contributed by atoms with E-state index in [-0.39, 0.29) is 5.82 Å². The smallest absolute Gasteiger partial charge is 0.257 e. The van der Waals surface area contributed by atoms with Crippen LogP contribution in [0.2, 0.25) is 0 Å². The zero-order chi connectivity index (χ0) is 14.1. The molecule has 0 saturated carbocycles. The Labute approximate surface area is 119 Å². The van der Waals surface area contributed by atoms with Gasteiger partial charge in [-0.3, -0.25) is 0 Å². The molecule has 0 amide bonds. The molecule has 0 atom stereocenters. The van der Waals surface area contributed by atoms with Crippen LogP contribution in [-0.2, 0) is 6.54 Å². The molecule has 0 bridgehead atoms. The first-order valence-corrected chi connectivity index (χ1v) is 7.19. The second kappa shape index (κ2) is 5.30. The Kier molecular flexibility index (Phi) is 3.50. The number of benzene rings is 1. The van der Waals surface area contributed by atoms with Crippen molar-refractivity contribution in [1.82, 2.24) is 15.5 Å². The third-order valence-corrected chi connectivity index (χ3v) is 3.91. The highest BCUT2D eigenvalue weighted by Gasteiger charge is 2.12. The Hall–Kier alpha value is -1.79. The Bertz CT molecular complexity index is 735. The summed E-state index contributed by atoms with van der Waals surface area (Å²) in [6.07, 6.45) is 0. The van der Waals surface area contributed by atoms with Gasteiger partial charge < -0.3 is 9.73 Å². The van der Waals surface area contributed by atoms with Gasteiger partial charge in [-0.15, -0.1) is 21.5 Å². The maximum absolute atomic E-state index is 13.2. The van der Waals surface area contributed by atoms with Gasteiger partial charge in [0, 0.05) is 10.7 Å². The molecule has 2 heterocycles. The molecule has 0 saturated heterocycles. The molecule has 3 rings (SSSR count). The fourth-order valence-electron chi connectivity index (χ4n) is 1.83. The van der Waals surface area contributed by atoms with Gasteiger partial charge in [0.2, 0.25) is 5.89 Å². The quantitative estimate of drug-likeness (QED) is 0.798. The number of hydrogen-bond acceptors (Lipinski definition) is 5. The van der Waals surface area contributed by atoms with Crippen LogP contribution in [-0.4, -0.2) is 16.2 Å². The molecular weight excluding hydrogens is 277 g/mol. The van der Waals surface area contributed by atoms with Crippen LogP contribution in [0.25, 0.3) is 20.9 Å². The maximum Gasteiger partial charge on any atom is 0.257 e. The van der Waals surface area contributed by atoms with Crippen molar-refractivity contribution in [3.8, 4) is 10.8 Å². The molecule has 0 spiro atoms. The van der Waals surface area contributed by atoms with Gasteiger partial charge in [-0.05, 0) is 23.6 Å². The standard InChI is InChI=1S/C14H14FN3OS/c1-8(2)16-7-13-17-18-14(19-13)12-5-9-3-4-10(15)6-11(9)20-12/h3-6,8,16H,7H2,1-2H3. The lowest BCUT2D eigenvalue weighted by Crippen LogP contribution is -2.21. The van der Waals surface area contributed by atoms with Crippen LogP contribution < -0.4 is 5.32 Å². The molecule has 6 heteroatoms. The topological polar surface area (TPSA) is 51.0 Å². The van der Waals surface area contributed by atoms with Gasteiger partial charge in [0.1, 0.15) is 5.82 Å². The minimum absolute atomic E-state index is 0.238. The highest BCUT2D eigenvalue weighted by molar-refractivity contribution is 7.22. The number of halogens is 1. The van der Waals surface area contributed by atoms with E-state index in [4.69, 9.17) is 4.42 Å². The molecule has 3 aromatic rings. The molecule has 0 fully saturated rings. The average molecular weight is 291 g/mol. The van der Waals surface area contributed by atoms with Crippen LogP contribution in [0.15, 0.2) is 28.7 Å². The number of nitrogens with zero attached hydrogens (tertiary/aromatic N) is 2. The molecule has 2 aromatic heterocycles. The minimum Gasteiger partial charge on any atom is -0.419 e. The van der Waals surface area contributed by atoms with Gasteiger partial charge in [-0.1, -0.05) is 19.9 Å². The number of nitrogens with one attached hydrogen (secondary N) is 1. The normalized spacial score (nSPS) is 11.6. The van der Waals surface area contributed by atoms with Crippen molar-refractivity contribution in [2.75, 3.05) is 0 Å². The summed E-state index contributed by atoms with van der Waals surface area (Å²) in [7, 11) is 0. The molecule has 0 radical (unpaired) electrons. The second-order valence-electron chi connectivity index (χ2n) is 4.83. The first kappa shape index (κ1) is 13.2. The van der Waals surface area contributed by atoms with Crippen LogP contribution in [0.4, 0.5) is 4.39 Å². The molecule has 0 aliphatic rings. The molecule has 4 nitrogen and oxygen atoms in total. The van der Waals surface area contributed by atoms with Crippen molar-refractivity contribution in [3.05, 3.63) is 36.0 Å². The molecule has 0 aliphatic carbocycles. The predicted octanol–water partition coefficient (Wildman–Crippen LogP) is 3.59. The largest absolute Gasteiger partial charge is 0.419 e. The Balaban J connectivity index is 1.87. The summed E-state index contributed by atoms with van der Waals surface area (Å²) < 4.78 is 19.7. The predicted molar refractivity (Wildman–Crippen MR) is 77.1 cm³/mol. The Morgan fingerprint density at radius 1 is 1.30 bits per heavy atom. The van der Waals surface area contributed by atoms with E-state index in [1.54, 1.807) is 6.07 Å². The lowest BCUT2D eigenvalue weighted by molar-refractivity contribution is 0.459. The van der Waals surface area contributed by atoms with Gasteiger partial charge >= 0.3 is 0 Å². The highest BCUT2D eigenvalue weighted by atomic mass is 32.1. The van der Waals surface area contributed by atoms with Crippen molar-refractivity contribution in [2.24, 2.45) is 0 Å². The highest BCUT2D eigenvalue weighted by Crippen LogP contribution is 2.33. The number of aromatic nitrogens is 2. The lowest BCUT2D eigenvalue weighted by atomic mass is 10.2. The zero-order valence-electron chi connectivity index (χ0n) is 11.2. The first-order valence-electron chi connectivity index (χ1n) is 6.37. The van der Waals surface area contributed by atoms with Gasteiger partial charge in [0.15, 0.2) is 0 Å². The Morgan fingerprint density at radius 3 is 2.95 bits per heavy atom. The van der Waals surface area contributed by atoms with Crippen LogP contribution >= 0.6 is 11.3 Å². The van der Waals surface area contributed by atoms with E-state index in [1.165, 1.54) is 23.5 Å². The summed E-state index contributed by atoms with van der Waals surface area (Å²) in [6, 6.07) is 7.01. The molecule has 1 aromatic carbocycles. The number of rotatable bonds is 4. The molecule has 0 unspecified atom stereocenters. The van der Waals surface area contributed by atoms with E-state index in [1.807, 2.05) is 6.07 Å².